The quantitative estimate of drug-likeness (QED) is 0.468. The van der Waals surface area contributed by atoms with E-state index in [-0.39, 0.29) is 11.4 Å². The van der Waals surface area contributed by atoms with Gasteiger partial charge < -0.3 is 9.59 Å². The highest BCUT2D eigenvalue weighted by atomic mass is 16.6. The molecule has 0 atom stereocenters. The summed E-state index contributed by atoms with van der Waals surface area (Å²) in [6, 6.07) is 4.70. The van der Waals surface area contributed by atoms with Crippen LogP contribution in [0.5, 0.6) is 5.75 Å². The number of nitro benzene ring substituents is 1. The highest BCUT2D eigenvalue weighted by Crippen LogP contribution is 2.13. The molecule has 19 heavy (non-hydrogen) atoms. The van der Waals surface area contributed by atoms with Crippen molar-refractivity contribution >= 4 is 5.69 Å². The molecule has 1 aromatic carbocycles. The topological polar surface area (TPSA) is 66.2 Å². The highest BCUT2D eigenvalue weighted by Gasteiger charge is 2.16. The SMILES string of the molecule is CC[N+](CC)(CC)CC.O=[N+]([O-])c1ccc([O-])cc1. The van der Waals surface area contributed by atoms with Gasteiger partial charge in [0.25, 0.3) is 5.69 Å². The summed E-state index contributed by atoms with van der Waals surface area (Å²) < 4.78 is 1.28. The van der Waals surface area contributed by atoms with Crippen molar-refractivity contribution in [2.24, 2.45) is 0 Å². The van der Waals surface area contributed by atoms with E-state index in [1.165, 1.54) is 42.8 Å². The summed E-state index contributed by atoms with van der Waals surface area (Å²) in [6.07, 6.45) is 0. The van der Waals surface area contributed by atoms with Crippen LogP contribution in [0.1, 0.15) is 27.7 Å². The maximum absolute atomic E-state index is 10.4. The molecule has 5 nitrogen and oxygen atoms in total. The van der Waals surface area contributed by atoms with E-state index >= 15 is 0 Å². The van der Waals surface area contributed by atoms with Gasteiger partial charge in [-0.25, -0.2) is 0 Å². The van der Waals surface area contributed by atoms with E-state index < -0.39 is 4.92 Å². The molecule has 0 aromatic heterocycles. The second-order valence-corrected chi connectivity index (χ2v) is 4.36. The molecule has 0 saturated carbocycles. The minimum Gasteiger partial charge on any atom is -0.872 e. The molecule has 0 heterocycles. The summed E-state index contributed by atoms with van der Waals surface area (Å²) in [5, 5.41) is 20.4. The molecule has 5 heteroatoms. The second-order valence-electron chi connectivity index (χ2n) is 4.36. The monoisotopic (exact) mass is 268 g/mol. The molecule has 0 radical (unpaired) electrons. The molecule has 0 N–H and O–H groups in total. The summed E-state index contributed by atoms with van der Waals surface area (Å²) in [7, 11) is 0. The van der Waals surface area contributed by atoms with Crippen molar-refractivity contribution in [3.05, 3.63) is 34.4 Å². The van der Waals surface area contributed by atoms with Crippen LogP contribution in [0.4, 0.5) is 5.69 Å². The second kappa shape index (κ2) is 8.48. The van der Waals surface area contributed by atoms with Crippen LogP contribution in [0, 0.1) is 10.1 Å². The fourth-order valence-corrected chi connectivity index (χ4v) is 1.91. The Kier molecular flexibility index (Phi) is 7.75. The predicted octanol–water partition coefficient (Wildman–Crippen LogP) is 2.55. The lowest BCUT2D eigenvalue weighted by Crippen LogP contribution is -2.47. The summed E-state index contributed by atoms with van der Waals surface area (Å²) in [4.78, 5) is 9.47. The van der Waals surface area contributed by atoms with E-state index in [1.54, 1.807) is 0 Å². The normalized spacial score (nSPS) is 10.5. The lowest BCUT2D eigenvalue weighted by Gasteiger charge is -2.34. The summed E-state index contributed by atoms with van der Waals surface area (Å²) in [5.74, 6) is -0.217. The van der Waals surface area contributed by atoms with Crippen LogP contribution in [0.25, 0.3) is 0 Å². The van der Waals surface area contributed by atoms with Crippen molar-refractivity contribution in [3.63, 3.8) is 0 Å². The molecular weight excluding hydrogens is 244 g/mol. The van der Waals surface area contributed by atoms with Crippen LogP contribution in [0.2, 0.25) is 0 Å². The lowest BCUT2D eigenvalue weighted by molar-refractivity contribution is -0.921. The van der Waals surface area contributed by atoms with Gasteiger partial charge in [-0.1, -0.05) is 12.1 Å². The number of rotatable bonds is 5. The summed E-state index contributed by atoms with van der Waals surface area (Å²) >= 11 is 0. The molecule has 0 saturated heterocycles. The molecule has 0 aliphatic heterocycles. The molecule has 0 spiro atoms. The maximum Gasteiger partial charge on any atom is 0.269 e. The van der Waals surface area contributed by atoms with Gasteiger partial charge in [-0.05, 0) is 27.7 Å². The third-order valence-electron chi connectivity index (χ3n) is 3.73. The van der Waals surface area contributed by atoms with Crippen molar-refractivity contribution in [2.45, 2.75) is 27.7 Å². The Morgan fingerprint density at radius 1 is 0.947 bits per heavy atom. The number of non-ortho nitro benzene ring substituents is 1. The Hall–Kier alpha value is -1.62. The molecule has 1 rings (SSSR count). The average Bonchev–Trinajstić information content (AvgIpc) is 2.43. The Labute approximate surface area is 115 Å². The molecule has 0 unspecified atom stereocenters. The van der Waals surface area contributed by atoms with Gasteiger partial charge >= 0.3 is 0 Å². The maximum atomic E-state index is 10.4. The van der Waals surface area contributed by atoms with Gasteiger partial charge in [0.1, 0.15) is 0 Å². The zero-order valence-corrected chi connectivity index (χ0v) is 12.3. The van der Waals surface area contributed by atoms with Gasteiger partial charge in [-0.15, -0.1) is 5.75 Å². The number of nitro groups is 1. The minimum atomic E-state index is -0.542. The number of hydrogen-bond acceptors (Lipinski definition) is 3. The van der Waals surface area contributed by atoms with Crippen LogP contribution in [-0.2, 0) is 0 Å². The average molecular weight is 268 g/mol. The van der Waals surface area contributed by atoms with E-state index in [0.717, 1.165) is 12.1 Å². The first-order valence-corrected chi connectivity index (χ1v) is 6.71. The molecule has 0 fully saturated rings. The van der Waals surface area contributed by atoms with Gasteiger partial charge in [0.05, 0.1) is 31.1 Å². The predicted molar refractivity (Wildman–Crippen MR) is 75.0 cm³/mol. The zero-order chi connectivity index (χ0) is 14.9. The summed E-state index contributed by atoms with van der Waals surface area (Å²) in [6.45, 7) is 14.2. The number of nitrogens with zero attached hydrogens (tertiary/aromatic N) is 2. The van der Waals surface area contributed by atoms with Crippen LogP contribution >= 0.6 is 0 Å². The van der Waals surface area contributed by atoms with Gasteiger partial charge in [0.15, 0.2) is 0 Å². The van der Waals surface area contributed by atoms with Gasteiger partial charge in [0, 0.05) is 12.1 Å². The van der Waals surface area contributed by atoms with Crippen LogP contribution in [0.3, 0.4) is 0 Å². The highest BCUT2D eigenvalue weighted by molar-refractivity contribution is 5.34. The largest absolute Gasteiger partial charge is 0.872 e. The fraction of sp³-hybridized carbons (Fsp3) is 0.571. The van der Waals surface area contributed by atoms with E-state index in [2.05, 4.69) is 27.7 Å². The standard InChI is InChI=1S/C8H20N.C6H5NO3/c1-5-9(6-2,7-3)8-4;8-6-3-1-5(2-4-6)7(9)10/h5-8H2,1-4H3;1-4,8H/q+1;/p-1. The van der Waals surface area contributed by atoms with Crippen LogP contribution in [0.15, 0.2) is 24.3 Å². The van der Waals surface area contributed by atoms with Crippen LogP contribution < -0.4 is 5.11 Å². The van der Waals surface area contributed by atoms with E-state index in [1.807, 2.05) is 0 Å². The lowest BCUT2D eigenvalue weighted by atomic mass is 10.3. The Balaban J connectivity index is 0.000000344. The Bertz CT molecular complexity index is 355. The van der Waals surface area contributed by atoms with Crippen molar-refractivity contribution < 1.29 is 14.5 Å². The van der Waals surface area contributed by atoms with E-state index in [0.29, 0.717) is 0 Å². The Morgan fingerprint density at radius 3 is 1.53 bits per heavy atom. The Morgan fingerprint density at radius 2 is 1.32 bits per heavy atom. The number of hydrogen-bond donors (Lipinski definition) is 0. The van der Waals surface area contributed by atoms with E-state index in [4.69, 9.17) is 0 Å². The first-order chi connectivity index (χ1) is 8.94. The molecular formula is C14H24N2O3. The molecule has 1 aromatic rings. The summed E-state index contributed by atoms with van der Waals surface area (Å²) in [5.41, 5.74) is -0.0559. The van der Waals surface area contributed by atoms with Crippen LogP contribution in [-0.4, -0.2) is 35.6 Å². The van der Waals surface area contributed by atoms with Crippen molar-refractivity contribution in [1.82, 2.24) is 0 Å². The smallest absolute Gasteiger partial charge is 0.269 e. The molecule has 108 valence electrons. The number of benzene rings is 1. The third kappa shape index (κ3) is 5.70. The third-order valence-corrected chi connectivity index (χ3v) is 3.73. The fourth-order valence-electron chi connectivity index (χ4n) is 1.91. The van der Waals surface area contributed by atoms with Crippen molar-refractivity contribution in [2.75, 3.05) is 26.2 Å². The van der Waals surface area contributed by atoms with E-state index in [9.17, 15) is 15.2 Å². The zero-order valence-electron chi connectivity index (χ0n) is 12.3. The molecule has 0 aliphatic rings. The van der Waals surface area contributed by atoms with Gasteiger partial charge in [0.2, 0.25) is 0 Å². The molecule has 0 bridgehead atoms. The first-order valence-electron chi connectivity index (χ1n) is 6.71. The number of quaternary nitrogens is 1. The van der Waals surface area contributed by atoms with Gasteiger partial charge in [-0.2, -0.15) is 0 Å². The van der Waals surface area contributed by atoms with Gasteiger partial charge in [-0.3, -0.25) is 10.1 Å². The molecule has 0 aliphatic carbocycles. The van der Waals surface area contributed by atoms with Crippen molar-refractivity contribution in [3.8, 4) is 5.75 Å². The minimum absolute atomic E-state index is 0.0559. The first kappa shape index (κ1) is 17.4. The van der Waals surface area contributed by atoms with Crippen molar-refractivity contribution in [1.29, 1.82) is 0 Å². The molecule has 0 amide bonds.